The van der Waals surface area contributed by atoms with Crippen LogP contribution < -0.4 is 11.2 Å². The zero-order valence-corrected chi connectivity index (χ0v) is 10.6. The van der Waals surface area contributed by atoms with Crippen LogP contribution in [0.15, 0.2) is 34.1 Å². The Labute approximate surface area is 112 Å². The molecule has 0 aliphatic carbocycles. The van der Waals surface area contributed by atoms with E-state index in [0.29, 0.717) is 11.8 Å². The van der Waals surface area contributed by atoms with Crippen molar-refractivity contribution in [2.75, 3.05) is 0 Å². The fourth-order valence-corrected chi connectivity index (χ4v) is 1.87. The molecule has 0 saturated heterocycles. The molecule has 0 amide bonds. The maximum absolute atomic E-state index is 11.8. The van der Waals surface area contributed by atoms with Crippen LogP contribution in [0.25, 0.3) is 11.1 Å². The van der Waals surface area contributed by atoms with Gasteiger partial charge in [-0.05, 0) is 12.1 Å². The SMILES string of the molecule is O=CCCn1cc(-c2cccnc2Cl)c(=O)[nH]c1=O. The Balaban J connectivity index is 2.58. The highest BCUT2D eigenvalue weighted by molar-refractivity contribution is 6.32. The number of hydrogen-bond donors (Lipinski definition) is 1. The van der Waals surface area contributed by atoms with Gasteiger partial charge in [0.05, 0.1) is 5.56 Å². The smallest absolute Gasteiger partial charge is 0.303 e. The maximum atomic E-state index is 11.8. The van der Waals surface area contributed by atoms with E-state index in [0.717, 1.165) is 0 Å². The second-order valence-corrected chi connectivity index (χ2v) is 4.15. The lowest BCUT2D eigenvalue weighted by Gasteiger charge is -2.06. The summed E-state index contributed by atoms with van der Waals surface area (Å²) in [5.74, 6) is 0. The first-order valence-electron chi connectivity index (χ1n) is 5.52. The van der Waals surface area contributed by atoms with E-state index in [9.17, 15) is 14.4 Å². The van der Waals surface area contributed by atoms with Crippen molar-refractivity contribution >= 4 is 17.9 Å². The number of carbonyl (C=O) groups is 1. The standard InChI is InChI=1S/C12H10ClN3O3/c13-10-8(3-1-4-14-10)9-7-16(5-2-6-17)12(19)15-11(9)18/h1,3-4,6-7H,2,5H2,(H,15,18,19). The van der Waals surface area contributed by atoms with Crippen molar-refractivity contribution < 1.29 is 4.79 Å². The molecule has 6 nitrogen and oxygen atoms in total. The Morgan fingerprint density at radius 3 is 2.84 bits per heavy atom. The summed E-state index contributed by atoms with van der Waals surface area (Å²) in [6, 6.07) is 3.27. The van der Waals surface area contributed by atoms with E-state index in [1.807, 2.05) is 0 Å². The molecule has 2 heterocycles. The van der Waals surface area contributed by atoms with Crippen LogP contribution in [0, 0.1) is 0 Å². The Hall–Kier alpha value is -2.21. The first-order valence-corrected chi connectivity index (χ1v) is 5.89. The fourth-order valence-electron chi connectivity index (χ4n) is 1.65. The summed E-state index contributed by atoms with van der Waals surface area (Å²) in [5.41, 5.74) is -0.424. The first kappa shape index (κ1) is 13.2. The van der Waals surface area contributed by atoms with Crippen molar-refractivity contribution in [3.8, 4) is 11.1 Å². The summed E-state index contributed by atoms with van der Waals surface area (Å²) in [5, 5.41) is 0.175. The number of hydrogen-bond acceptors (Lipinski definition) is 4. The van der Waals surface area contributed by atoms with Gasteiger partial charge >= 0.3 is 5.69 Å². The van der Waals surface area contributed by atoms with Crippen molar-refractivity contribution in [3.05, 3.63) is 50.5 Å². The van der Waals surface area contributed by atoms with Crippen LogP contribution >= 0.6 is 11.6 Å². The summed E-state index contributed by atoms with van der Waals surface area (Å²) in [7, 11) is 0. The zero-order valence-electron chi connectivity index (χ0n) is 9.80. The predicted octanol–water partition coefficient (Wildman–Crippen LogP) is 0.841. The molecule has 19 heavy (non-hydrogen) atoms. The van der Waals surface area contributed by atoms with Gasteiger partial charge in [-0.15, -0.1) is 0 Å². The third kappa shape index (κ3) is 2.79. The minimum Gasteiger partial charge on any atom is -0.303 e. The van der Waals surface area contributed by atoms with Crippen LogP contribution in [-0.4, -0.2) is 20.8 Å². The Morgan fingerprint density at radius 1 is 1.37 bits per heavy atom. The second kappa shape index (κ2) is 5.62. The topological polar surface area (TPSA) is 84.8 Å². The summed E-state index contributed by atoms with van der Waals surface area (Å²) >= 11 is 5.92. The van der Waals surface area contributed by atoms with Gasteiger partial charge in [0.15, 0.2) is 0 Å². The summed E-state index contributed by atoms with van der Waals surface area (Å²) in [6.07, 6.45) is 3.77. The molecule has 0 fully saturated rings. The van der Waals surface area contributed by atoms with Crippen LogP contribution in [0.3, 0.4) is 0 Å². The third-order valence-corrected chi connectivity index (χ3v) is 2.85. The van der Waals surface area contributed by atoms with Crippen molar-refractivity contribution in [3.63, 3.8) is 0 Å². The molecule has 7 heteroatoms. The van der Waals surface area contributed by atoms with Gasteiger partial charge in [0, 0.05) is 30.9 Å². The molecule has 0 spiro atoms. The lowest BCUT2D eigenvalue weighted by molar-refractivity contribution is -0.108. The molecular weight excluding hydrogens is 270 g/mol. The number of aromatic nitrogens is 3. The van der Waals surface area contributed by atoms with Crippen LogP contribution in [0.2, 0.25) is 5.15 Å². The van der Waals surface area contributed by atoms with Gasteiger partial charge in [0.1, 0.15) is 11.4 Å². The number of carbonyl (C=O) groups excluding carboxylic acids is 1. The van der Waals surface area contributed by atoms with Crippen molar-refractivity contribution in [1.82, 2.24) is 14.5 Å². The molecule has 0 atom stereocenters. The molecule has 0 aromatic carbocycles. The second-order valence-electron chi connectivity index (χ2n) is 3.79. The van der Waals surface area contributed by atoms with Gasteiger partial charge in [0.25, 0.3) is 5.56 Å². The van der Waals surface area contributed by atoms with Crippen LogP contribution in [0.1, 0.15) is 6.42 Å². The number of H-pyrrole nitrogens is 1. The van der Waals surface area contributed by atoms with Crippen molar-refractivity contribution in [2.45, 2.75) is 13.0 Å². The minimum absolute atomic E-state index is 0.175. The van der Waals surface area contributed by atoms with E-state index in [4.69, 9.17) is 11.6 Å². The Bertz CT molecular complexity index is 721. The van der Waals surface area contributed by atoms with E-state index >= 15 is 0 Å². The molecule has 2 rings (SSSR count). The largest absolute Gasteiger partial charge is 0.328 e. The van der Waals surface area contributed by atoms with Gasteiger partial charge < -0.3 is 4.79 Å². The maximum Gasteiger partial charge on any atom is 0.328 e. The van der Waals surface area contributed by atoms with Gasteiger partial charge in [-0.1, -0.05) is 11.6 Å². The predicted molar refractivity (Wildman–Crippen MR) is 70.2 cm³/mol. The lowest BCUT2D eigenvalue weighted by atomic mass is 10.1. The van der Waals surface area contributed by atoms with E-state index in [-0.39, 0.29) is 23.7 Å². The number of aryl methyl sites for hydroxylation is 1. The number of pyridine rings is 1. The Kier molecular flexibility index (Phi) is 3.91. The molecule has 0 aliphatic rings. The van der Waals surface area contributed by atoms with Gasteiger partial charge in [0.2, 0.25) is 0 Å². The summed E-state index contributed by atoms with van der Waals surface area (Å²) in [6.45, 7) is 0.198. The number of rotatable bonds is 4. The number of nitrogens with one attached hydrogen (secondary N) is 1. The summed E-state index contributed by atoms with van der Waals surface area (Å²) in [4.78, 5) is 39.8. The number of aromatic amines is 1. The average molecular weight is 280 g/mol. The van der Waals surface area contributed by atoms with Gasteiger partial charge in [-0.25, -0.2) is 9.78 Å². The minimum atomic E-state index is -0.560. The molecule has 2 aromatic rings. The van der Waals surface area contributed by atoms with Crippen LogP contribution in [0.4, 0.5) is 0 Å². The third-order valence-electron chi connectivity index (χ3n) is 2.55. The Morgan fingerprint density at radius 2 is 2.16 bits per heavy atom. The van der Waals surface area contributed by atoms with E-state index in [1.54, 1.807) is 12.1 Å². The quantitative estimate of drug-likeness (QED) is 0.664. The molecule has 0 bridgehead atoms. The van der Waals surface area contributed by atoms with E-state index in [1.165, 1.54) is 17.0 Å². The molecule has 2 aromatic heterocycles. The molecule has 98 valence electrons. The van der Waals surface area contributed by atoms with E-state index in [2.05, 4.69) is 9.97 Å². The monoisotopic (exact) mass is 279 g/mol. The molecule has 1 N–H and O–H groups in total. The van der Waals surface area contributed by atoms with E-state index < -0.39 is 11.2 Å². The fraction of sp³-hybridized carbons (Fsp3) is 0.167. The average Bonchev–Trinajstić information content (AvgIpc) is 2.39. The normalized spacial score (nSPS) is 10.4. The summed E-state index contributed by atoms with van der Waals surface area (Å²) < 4.78 is 1.26. The van der Waals surface area contributed by atoms with Gasteiger partial charge in [-0.2, -0.15) is 0 Å². The molecular formula is C12H10ClN3O3. The lowest BCUT2D eigenvalue weighted by Crippen LogP contribution is -2.30. The van der Waals surface area contributed by atoms with Gasteiger partial charge in [-0.3, -0.25) is 14.3 Å². The highest BCUT2D eigenvalue weighted by atomic mass is 35.5. The molecule has 0 unspecified atom stereocenters. The molecule has 0 saturated carbocycles. The first-order chi connectivity index (χ1) is 9.13. The van der Waals surface area contributed by atoms with Crippen molar-refractivity contribution in [2.24, 2.45) is 0 Å². The van der Waals surface area contributed by atoms with Crippen LogP contribution in [-0.2, 0) is 11.3 Å². The zero-order chi connectivity index (χ0) is 13.8. The molecule has 0 aliphatic heterocycles. The number of nitrogens with zero attached hydrogens (tertiary/aromatic N) is 2. The van der Waals surface area contributed by atoms with Crippen LogP contribution in [0.5, 0.6) is 0 Å². The molecule has 0 radical (unpaired) electrons. The van der Waals surface area contributed by atoms with Crippen molar-refractivity contribution in [1.29, 1.82) is 0 Å². The highest BCUT2D eigenvalue weighted by Crippen LogP contribution is 2.21. The highest BCUT2D eigenvalue weighted by Gasteiger charge is 2.10. The number of aldehydes is 1. The number of halogens is 1.